The van der Waals surface area contributed by atoms with Crippen molar-refractivity contribution in [2.75, 3.05) is 0 Å². The monoisotopic (exact) mass is 295 g/mol. The van der Waals surface area contributed by atoms with Gasteiger partial charge in [0.1, 0.15) is 5.15 Å². The van der Waals surface area contributed by atoms with Crippen LogP contribution in [0.3, 0.4) is 0 Å². The standard InChI is InChI=1S/C15H10ClN5/c1-9-5-13-18-8-11-6-12(10-3-2-4-17-7-10)14(16)19-15(11)21(13)20-9/h2-8H,1H3. The first-order chi connectivity index (χ1) is 10.2. The third-order valence-corrected chi connectivity index (χ3v) is 3.59. The molecule has 0 atom stereocenters. The van der Waals surface area contributed by atoms with Gasteiger partial charge in [0.25, 0.3) is 0 Å². The third-order valence-electron chi connectivity index (χ3n) is 3.31. The van der Waals surface area contributed by atoms with Crippen molar-refractivity contribution in [3.8, 4) is 11.1 Å². The van der Waals surface area contributed by atoms with Gasteiger partial charge in [-0.05, 0) is 19.1 Å². The van der Waals surface area contributed by atoms with Crippen molar-refractivity contribution in [1.82, 2.24) is 24.6 Å². The topological polar surface area (TPSA) is 56.0 Å². The molecule has 0 radical (unpaired) electrons. The molecule has 0 aliphatic rings. The van der Waals surface area contributed by atoms with Crippen LogP contribution < -0.4 is 0 Å². The second-order valence-electron chi connectivity index (χ2n) is 4.80. The molecule has 21 heavy (non-hydrogen) atoms. The van der Waals surface area contributed by atoms with Crippen molar-refractivity contribution in [3.05, 3.63) is 53.7 Å². The van der Waals surface area contributed by atoms with Crippen LogP contribution in [0, 0.1) is 6.92 Å². The van der Waals surface area contributed by atoms with E-state index in [1.165, 1.54) is 0 Å². The van der Waals surface area contributed by atoms with Gasteiger partial charge >= 0.3 is 0 Å². The molecule has 0 unspecified atom stereocenters. The Kier molecular flexibility index (Phi) is 2.62. The fourth-order valence-corrected chi connectivity index (χ4v) is 2.60. The maximum Gasteiger partial charge on any atom is 0.166 e. The zero-order valence-electron chi connectivity index (χ0n) is 11.2. The van der Waals surface area contributed by atoms with Crippen molar-refractivity contribution in [1.29, 1.82) is 0 Å². The van der Waals surface area contributed by atoms with Gasteiger partial charge in [-0.3, -0.25) is 4.98 Å². The molecule has 0 saturated carbocycles. The van der Waals surface area contributed by atoms with Crippen LogP contribution in [0.15, 0.2) is 42.9 Å². The Morgan fingerprint density at radius 1 is 1.19 bits per heavy atom. The number of halogens is 1. The molecule has 0 aromatic carbocycles. The summed E-state index contributed by atoms with van der Waals surface area (Å²) >= 11 is 6.34. The Bertz CT molecular complexity index is 962. The second kappa shape index (κ2) is 4.49. The van der Waals surface area contributed by atoms with E-state index >= 15 is 0 Å². The van der Waals surface area contributed by atoms with Crippen LogP contribution in [-0.4, -0.2) is 24.6 Å². The van der Waals surface area contributed by atoms with Crippen LogP contribution >= 0.6 is 11.6 Å². The summed E-state index contributed by atoms with van der Waals surface area (Å²) in [7, 11) is 0. The maximum atomic E-state index is 6.34. The summed E-state index contributed by atoms with van der Waals surface area (Å²) in [4.78, 5) is 13.0. The summed E-state index contributed by atoms with van der Waals surface area (Å²) in [5.41, 5.74) is 4.11. The van der Waals surface area contributed by atoms with E-state index in [4.69, 9.17) is 11.6 Å². The molecular weight excluding hydrogens is 286 g/mol. The second-order valence-corrected chi connectivity index (χ2v) is 5.15. The quantitative estimate of drug-likeness (QED) is 0.506. The Morgan fingerprint density at radius 3 is 2.90 bits per heavy atom. The van der Waals surface area contributed by atoms with Gasteiger partial charge in [0, 0.05) is 41.2 Å². The van der Waals surface area contributed by atoms with E-state index in [0.717, 1.165) is 27.9 Å². The largest absolute Gasteiger partial charge is 0.264 e. The van der Waals surface area contributed by atoms with E-state index in [0.29, 0.717) is 10.8 Å². The molecule has 4 aromatic rings. The van der Waals surface area contributed by atoms with Crippen LogP contribution in [-0.2, 0) is 0 Å². The normalized spacial score (nSPS) is 11.3. The summed E-state index contributed by atoms with van der Waals surface area (Å²) in [5, 5.41) is 5.72. The van der Waals surface area contributed by atoms with Gasteiger partial charge in [-0.1, -0.05) is 17.7 Å². The lowest BCUT2D eigenvalue weighted by molar-refractivity contribution is 0.939. The zero-order valence-corrected chi connectivity index (χ0v) is 11.9. The predicted molar refractivity (Wildman–Crippen MR) is 81.3 cm³/mol. The predicted octanol–water partition coefficient (Wildman–Crippen LogP) is 3.30. The first-order valence-electron chi connectivity index (χ1n) is 6.44. The minimum atomic E-state index is 0.427. The van der Waals surface area contributed by atoms with Crippen LogP contribution in [0.4, 0.5) is 0 Å². The average Bonchev–Trinajstić information content (AvgIpc) is 2.88. The summed E-state index contributed by atoms with van der Waals surface area (Å²) < 4.78 is 1.71. The number of pyridine rings is 2. The van der Waals surface area contributed by atoms with Crippen molar-refractivity contribution in [2.45, 2.75) is 6.92 Å². The minimum absolute atomic E-state index is 0.427. The smallest absolute Gasteiger partial charge is 0.166 e. The first-order valence-corrected chi connectivity index (χ1v) is 6.82. The molecule has 4 heterocycles. The van der Waals surface area contributed by atoms with Gasteiger partial charge in [-0.15, -0.1) is 0 Å². The lowest BCUT2D eigenvalue weighted by Crippen LogP contribution is -1.97. The fraction of sp³-hybridized carbons (Fsp3) is 0.0667. The van der Waals surface area contributed by atoms with Crippen molar-refractivity contribution in [3.63, 3.8) is 0 Å². The third kappa shape index (κ3) is 1.94. The van der Waals surface area contributed by atoms with E-state index in [1.807, 2.05) is 31.2 Å². The van der Waals surface area contributed by atoms with E-state index in [1.54, 1.807) is 23.1 Å². The van der Waals surface area contributed by atoms with Crippen LogP contribution in [0.2, 0.25) is 5.15 Å². The summed E-state index contributed by atoms with van der Waals surface area (Å²) in [6.07, 6.45) is 5.28. The highest BCUT2D eigenvalue weighted by molar-refractivity contribution is 6.32. The van der Waals surface area contributed by atoms with Gasteiger partial charge < -0.3 is 0 Å². The molecule has 0 bridgehead atoms. The molecule has 6 heteroatoms. The zero-order chi connectivity index (χ0) is 14.4. The Hall–Kier alpha value is -2.53. The van der Waals surface area contributed by atoms with E-state index < -0.39 is 0 Å². The van der Waals surface area contributed by atoms with E-state index in [2.05, 4.69) is 20.1 Å². The average molecular weight is 296 g/mol. The van der Waals surface area contributed by atoms with Crippen molar-refractivity contribution >= 4 is 28.3 Å². The summed E-state index contributed by atoms with van der Waals surface area (Å²) in [6.45, 7) is 1.92. The van der Waals surface area contributed by atoms with Gasteiger partial charge in [-0.2, -0.15) is 9.61 Å². The van der Waals surface area contributed by atoms with Gasteiger partial charge in [0.15, 0.2) is 11.3 Å². The number of aryl methyl sites for hydroxylation is 1. The maximum absolute atomic E-state index is 6.34. The molecule has 0 aliphatic carbocycles. The molecule has 4 aromatic heterocycles. The minimum Gasteiger partial charge on any atom is -0.264 e. The molecule has 0 fully saturated rings. The Labute approximate surface area is 125 Å². The van der Waals surface area contributed by atoms with Crippen molar-refractivity contribution < 1.29 is 0 Å². The van der Waals surface area contributed by atoms with Crippen molar-refractivity contribution in [2.24, 2.45) is 0 Å². The van der Waals surface area contributed by atoms with Gasteiger partial charge in [0.05, 0.1) is 5.69 Å². The van der Waals surface area contributed by atoms with Crippen LogP contribution in [0.1, 0.15) is 5.69 Å². The van der Waals surface area contributed by atoms with Gasteiger partial charge in [-0.25, -0.2) is 9.97 Å². The SMILES string of the molecule is Cc1cc2ncc3cc(-c4cccnc4)c(Cl)nc3n2n1. The molecule has 0 amide bonds. The lowest BCUT2D eigenvalue weighted by Gasteiger charge is -2.06. The fourth-order valence-electron chi connectivity index (χ4n) is 2.36. The van der Waals surface area contributed by atoms with Crippen LogP contribution in [0.25, 0.3) is 27.8 Å². The highest BCUT2D eigenvalue weighted by Crippen LogP contribution is 2.29. The van der Waals surface area contributed by atoms with Gasteiger partial charge in [0.2, 0.25) is 0 Å². The first kappa shape index (κ1) is 12.2. The number of nitrogens with zero attached hydrogens (tertiary/aromatic N) is 5. The molecule has 102 valence electrons. The molecule has 0 aliphatic heterocycles. The van der Waals surface area contributed by atoms with E-state index in [9.17, 15) is 0 Å². The molecular formula is C15H10ClN5. The number of fused-ring (bicyclic) bond motifs is 3. The number of aromatic nitrogens is 5. The highest BCUT2D eigenvalue weighted by atomic mass is 35.5. The summed E-state index contributed by atoms with van der Waals surface area (Å²) in [5.74, 6) is 0. The van der Waals surface area contributed by atoms with E-state index in [-0.39, 0.29) is 0 Å². The molecule has 0 saturated heterocycles. The number of hydrogen-bond donors (Lipinski definition) is 0. The molecule has 5 nitrogen and oxygen atoms in total. The molecule has 0 N–H and O–H groups in total. The Morgan fingerprint density at radius 2 is 2.10 bits per heavy atom. The number of rotatable bonds is 1. The Balaban J connectivity index is 2.04. The lowest BCUT2D eigenvalue weighted by atomic mass is 10.1. The number of hydrogen-bond acceptors (Lipinski definition) is 4. The molecule has 4 rings (SSSR count). The summed E-state index contributed by atoms with van der Waals surface area (Å²) in [6, 6.07) is 7.69. The highest BCUT2D eigenvalue weighted by Gasteiger charge is 2.11. The van der Waals surface area contributed by atoms with Crippen LogP contribution in [0.5, 0.6) is 0 Å². The molecule has 0 spiro atoms.